The van der Waals surface area contributed by atoms with Gasteiger partial charge in [0.15, 0.2) is 0 Å². The summed E-state index contributed by atoms with van der Waals surface area (Å²) in [7, 11) is -0.0165. The molecular weight excluding hydrogens is 219 g/mol. The minimum absolute atomic E-state index is 0.0165. The van der Waals surface area contributed by atoms with Crippen LogP contribution in [0.2, 0.25) is 0 Å². The highest BCUT2D eigenvalue weighted by Crippen LogP contribution is 2.26. The summed E-state index contributed by atoms with van der Waals surface area (Å²) in [5.74, 6) is 1.70. The van der Waals surface area contributed by atoms with E-state index in [0.717, 1.165) is 17.1 Å². The van der Waals surface area contributed by atoms with Crippen LogP contribution in [0.15, 0.2) is 54.6 Å². The minimum atomic E-state index is -0.0165. The SMILES string of the molecule is Cc1ccccc1OPOc1ccccc1. The number of hydrogen-bond donors (Lipinski definition) is 0. The molecule has 2 rings (SSSR count). The number of rotatable bonds is 4. The van der Waals surface area contributed by atoms with Gasteiger partial charge >= 0.3 is 0 Å². The molecule has 0 aliphatic carbocycles. The Balaban J connectivity index is 1.87. The monoisotopic (exact) mass is 232 g/mol. The van der Waals surface area contributed by atoms with Crippen LogP contribution in [0.3, 0.4) is 0 Å². The molecule has 1 unspecified atom stereocenters. The predicted octanol–water partition coefficient (Wildman–Crippen LogP) is 3.96. The number of hydrogen-bond acceptors (Lipinski definition) is 2. The molecule has 0 spiro atoms. The molecule has 2 nitrogen and oxygen atoms in total. The van der Waals surface area contributed by atoms with Gasteiger partial charge in [0, 0.05) is 0 Å². The average Bonchev–Trinajstić information content (AvgIpc) is 2.33. The van der Waals surface area contributed by atoms with Crippen molar-refractivity contribution in [2.75, 3.05) is 0 Å². The molecule has 82 valence electrons. The second kappa shape index (κ2) is 5.53. The van der Waals surface area contributed by atoms with Crippen molar-refractivity contribution < 1.29 is 9.05 Å². The summed E-state index contributed by atoms with van der Waals surface area (Å²) in [6.45, 7) is 2.02. The van der Waals surface area contributed by atoms with E-state index in [0.29, 0.717) is 0 Å². The Labute approximate surface area is 97.2 Å². The van der Waals surface area contributed by atoms with E-state index in [9.17, 15) is 0 Å². The van der Waals surface area contributed by atoms with Gasteiger partial charge in [-0.05, 0) is 30.7 Å². The molecule has 0 aliphatic heterocycles. The van der Waals surface area contributed by atoms with E-state index in [1.54, 1.807) is 0 Å². The van der Waals surface area contributed by atoms with Crippen molar-refractivity contribution in [3.63, 3.8) is 0 Å². The predicted molar refractivity (Wildman–Crippen MR) is 67.2 cm³/mol. The molecule has 0 aromatic heterocycles. The number of aryl methyl sites for hydroxylation is 1. The van der Waals surface area contributed by atoms with Crippen LogP contribution < -0.4 is 9.05 Å². The molecule has 0 amide bonds. The lowest BCUT2D eigenvalue weighted by molar-refractivity contribution is 0.513. The third kappa shape index (κ3) is 2.98. The standard InChI is InChI=1S/C13H13O2P/c1-11-7-5-6-10-13(11)15-16-14-12-8-3-2-4-9-12/h2-10,16H,1H3. The van der Waals surface area contributed by atoms with Crippen molar-refractivity contribution in [2.45, 2.75) is 6.92 Å². The first kappa shape index (κ1) is 11.0. The maximum absolute atomic E-state index is 5.55. The third-order valence-corrected chi connectivity index (χ3v) is 2.77. The first-order valence-electron chi connectivity index (χ1n) is 5.05. The van der Waals surface area contributed by atoms with E-state index in [1.807, 2.05) is 61.5 Å². The van der Waals surface area contributed by atoms with E-state index in [4.69, 9.17) is 9.05 Å². The molecule has 0 saturated carbocycles. The molecule has 0 radical (unpaired) electrons. The molecule has 0 saturated heterocycles. The second-order valence-electron chi connectivity index (χ2n) is 3.37. The highest BCUT2D eigenvalue weighted by atomic mass is 31.1. The molecule has 2 aromatic rings. The highest BCUT2D eigenvalue weighted by Gasteiger charge is 1.98. The molecular formula is C13H13O2P. The maximum Gasteiger partial charge on any atom is 0.275 e. The van der Waals surface area contributed by atoms with Crippen molar-refractivity contribution >= 4 is 9.03 Å². The van der Waals surface area contributed by atoms with E-state index in [2.05, 4.69) is 0 Å². The average molecular weight is 232 g/mol. The lowest BCUT2D eigenvalue weighted by Gasteiger charge is -2.08. The maximum atomic E-state index is 5.55. The largest absolute Gasteiger partial charge is 0.441 e. The molecule has 0 heterocycles. The van der Waals surface area contributed by atoms with Gasteiger partial charge in [-0.25, -0.2) is 0 Å². The van der Waals surface area contributed by atoms with Crippen LogP contribution in [0.1, 0.15) is 5.56 Å². The van der Waals surface area contributed by atoms with E-state index < -0.39 is 0 Å². The van der Waals surface area contributed by atoms with Gasteiger partial charge in [-0.1, -0.05) is 36.4 Å². The summed E-state index contributed by atoms with van der Waals surface area (Å²) in [5.41, 5.74) is 1.12. The lowest BCUT2D eigenvalue weighted by atomic mass is 10.2. The van der Waals surface area contributed by atoms with Crippen LogP contribution in [-0.4, -0.2) is 0 Å². The van der Waals surface area contributed by atoms with Gasteiger partial charge in [-0.3, -0.25) is 0 Å². The Morgan fingerprint density at radius 1 is 0.812 bits per heavy atom. The number of benzene rings is 2. The van der Waals surface area contributed by atoms with Gasteiger partial charge in [0.2, 0.25) is 0 Å². The van der Waals surface area contributed by atoms with Crippen LogP contribution in [0.5, 0.6) is 11.5 Å². The Morgan fingerprint density at radius 2 is 1.50 bits per heavy atom. The van der Waals surface area contributed by atoms with Gasteiger partial charge in [-0.2, -0.15) is 0 Å². The zero-order valence-electron chi connectivity index (χ0n) is 9.01. The summed E-state index contributed by atoms with van der Waals surface area (Å²) in [5, 5.41) is 0. The van der Waals surface area contributed by atoms with Crippen molar-refractivity contribution in [2.24, 2.45) is 0 Å². The van der Waals surface area contributed by atoms with Gasteiger partial charge in [-0.15, -0.1) is 0 Å². The molecule has 3 heteroatoms. The summed E-state index contributed by atoms with van der Waals surface area (Å²) in [6, 6.07) is 17.6. The highest BCUT2D eigenvalue weighted by molar-refractivity contribution is 7.27. The van der Waals surface area contributed by atoms with Crippen molar-refractivity contribution in [3.05, 3.63) is 60.2 Å². The molecule has 2 aromatic carbocycles. The van der Waals surface area contributed by atoms with Crippen LogP contribution >= 0.6 is 9.03 Å². The van der Waals surface area contributed by atoms with E-state index in [1.165, 1.54) is 0 Å². The van der Waals surface area contributed by atoms with Gasteiger partial charge in [0.25, 0.3) is 9.03 Å². The number of para-hydroxylation sites is 2. The molecule has 1 atom stereocenters. The summed E-state index contributed by atoms with van der Waals surface area (Å²) < 4.78 is 11.0. The molecule has 0 fully saturated rings. The second-order valence-corrected chi connectivity index (χ2v) is 3.94. The van der Waals surface area contributed by atoms with Crippen molar-refractivity contribution in [1.82, 2.24) is 0 Å². The summed E-state index contributed by atoms with van der Waals surface area (Å²) in [6.07, 6.45) is 0. The fraction of sp³-hybridized carbons (Fsp3) is 0.0769. The lowest BCUT2D eigenvalue weighted by Crippen LogP contribution is -1.86. The Bertz CT molecular complexity index is 443. The third-order valence-electron chi connectivity index (χ3n) is 2.15. The van der Waals surface area contributed by atoms with E-state index >= 15 is 0 Å². The molecule has 0 aliphatic rings. The zero-order chi connectivity index (χ0) is 11.2. The van der Waals surface area contributed by atoms with Crippen LogP contribution in [0.4, 0.5) is 0 Å². The smallest absolute Gasteiger partial charge is 0.275 e. The summed E-state index contributed by atoms with van der Waals surface area (Å²) in [4.78, 5) is 0. The Kier molecular flexibility index (Phi) is 3.79. The normalized spacial score (nSPS) is 10.6. The van der Waals surface area contributed by atoms with E-state index in [-0.39, 0.29) is 9.03 Å². The molecule has 0 N–H and O–H groups in total. The van der Waals surface area contributed by atoms with Crippen molar-refractivity contribution in [3.8, 4) is 11.5 Å². The fourth-order valence-corrected chi connectivity index (χ4v) is 1.87. The fourth-order valence-electron chi connectivity index (χ4n) is 1.27. The Hall–Kier alpha value is -1.53. The van der Waals surface area contributed by atoms with Gasteiger partial charge in [0.05, 0.1) is 0 Å². The van der Waals surface area contributed by atoms with Crippen molar-refractivity contribution in [1.29, 1.82) is 0 Å². The topological polar surface area (TPSA) is 18.5 Å². The molecule has 0 bridgehead atoms. The first-order valence-corrected chi connectivity index (χ1v) is 5.87. The Morgan fingerprint density at radius 3 is 2.25 bits per heavy atom. The minimum Gasteiger partial charge on any atom is -0.441 e. The first-order chi connectivity index (χ1) is 7.86. The zero-order valence-corrected chi connectivity index (χ0v) is 10.0. The quantitative estimate of drug-likeness (QED) is 0.743. The summed E-state index contributed by atoms with van der Waals surface area (Å²) >= 11 is 0. The van der Waals surface area contributed by atoms with Crippen LogP contribution in [0, 0.1) is 6.92 Å². The van der Waals surface area contributed by atoms with Gasteiger partial charge < -0.3 is 9.05 Å². The van der Waals surface area contributed by atoms with Crippen LogP contribution in [-0.2, 0) is 0 Å². The van der Waals surface area contributed by atoms with Crippen LogP contribution in [0.25, 0.3) is 0 Å². The molecule has 16 heavy (non-hydrogen) atoms. The van der Waals surface area contributed by atoms with Gasteiger partial charge in [0.1, 0.15) is 11.5 Å².